The molecular weight excluding hydrogens is 396 g/mol. The van der Waals surface area contributed by atoms with Gasteiger partial charge in [0.1, 0.15) is 11.7 Å². The second-order valence-electron chi connectivity index (χ2n) is 11.6. The molecule has 4 saturated carbocycles. The van der Waals surface area contributed by atoms with Gasteiger partial charge in [-0.25, -0.2) is 0 Å². The van der Waals surface area contributed by atoms with Crippen LogP contribution in [0.25, 0.3) is 0 Å². The maximum Gasteiger partial charge on any atom is 0.302 e. The maximum absolute atomic E-state index is 11.8. The number of esters is 1. The zero-order chi connectivity index (χ0) is 22.6. The maximum atomic E-state index is 11.8. The number of carbonyl (C=O) groups is 1. The summed E-state index contributed by atoms with van der Waals surface area (Å²) >= 11 is 0. The normalized spacial score (nSPS) is 44.9. The van der Waals surface area contributed by atoms with Crippen LogP contribution in [0.5, 0.6) is 0 Å². The van der Waals surface area contributed by atoms with E-state index in [4.69, 9.17) is 4.74 Å². The second-order valence-corrected chi connectivity index (χ2v) is 11.6. The Balaban J connectivity index is 1.36. The van der Waals surface area contributed by atoms with E-state index in [-0.39, 0.29) is 17.5 Å². The molecule has 4 aliphatic carbocycles. The fourth-order valence-electron chi connectivity index (χ4n) is 8.48. The van der Waals surface area contributed by atoms with Crippen molar-refractivity contribution in [1.82, 2.24) is 0 Å². The minimum Gasteiger partial charge on any atom is -0.463 e. The van der Waals surface area contributed by atoms with E-state index in [0.29, 0.717) is 23.2 Å². The first kappa shape index (κ1) is 22.0. The molecule has 0 bridgehead atoms. The summed E-state index contributed by atoms with van der Waals surface area (Å²) in [5.74, 6) is 9.13. The summed E-state index contributed by atoms with van der Waals surface area (Å²) in [7, 11) is 0. The fraction of sp³-hybridized carbons (Fsp3) is 0.690. The molecule has 0 saturated heterocycles. The molecule has 1 aromatic rings. The van der Waals surface area contributed by atoms with Gasteiger partial charge in [0.2, 0.25) is 0 Å². The third-order valence-corrected chi connectivity index (χ3v) is 10.3. The van der Waals surface area contributed by atoms with Gasteiger partial charge in [-0.15, -0.1) is 0 Å². The molecule has 3 heteroatoms. The molecule has 32 heavy (non-hydrogen) atoms. The van der Waals surface area contributed by atoms with Crippen molar-refractivity contribution in [2.24, 2.45) is 34.5 Å². The summed E-state index contributed by atoms with van der Waals surface area (Å²) in [6.45, 7) is 6.39. The van der Waals surface area contributed by atoms with E-state index in [1.54, 1.807) is 0 Å². The molecule has 4 fully saturated rings. The molecule has 0 amide bonds. The molecule has 1 aromatic carbocycles. The van der Waals surface area contributed by atoms with Gasteiger partial charge in [-0.2, -0.15) is 0 Å². The SMILES string of the molecule is CC(=O)O[C@H]1CC[C@]2(C)[C@H](CC[C@H]3[C@H]4CC[C@@](O)(C#Cc5ccccc5)[C@]4(C)CC[C@@H]32)C1. The van der Waals surface area contributed by atoms with Gasteiger partial charge in [-0.05, 0) is 99.0 Å². The second kappa shape index (κ2) is 7.91. The van der Waals surface area contributed by atoms with Crippen LogP contribution in [0.15, 0.2) is 30.3 Å². The number of rotatable bonds is 1. The molecule has 4 aliphatic rings. The van der Waals surface area contributed by atoms with Gasteiger partial charge in [0, 0.05) is 17.9 Å². The average molecular weight is 435 g/mol. The highest BCUT2D eigenvalue weighted by atomic mass is 16.5. The smallest absolute Gasteiger partial charge is 0.302 e. The van der Waals surface area contributed by atoms with Crippen molar-refractivity contribution in [2.45, 2.75) is 90.3 Å². The van der Waals surface area contributed by atoms with Crippen molar-refractivity contribution in [1.29, 1.82) is 0 Å². The highest BCUT2D eigenvalue weighted by Gasteiger charge is 2.64. The summed E-state index contributed by atoms with van der Waals surface area (Å²) in [6, 6.07) is 10.1. The zero-order valence-electron chi connectivity index (χ0n) is 19.9. The summed E-state index contributed by atoms with van der Waals surface area (Å²) < 4.78 is 5.61. The van der Waals surface area contributed by atoms with Crippen LogP contribution in [0, 0.1) is 46.3 Å². The molecule has 8 atom stereocenters. The number of hydrogen-bond donors (Lipinski definition) is 1. The van der Waals surface area contributed by atoms with Crippen LogP contribution in [-0.2, 0) is 9.53 Å². The molecule has 3 nitrogen and oxygen atoms in total. The van der Waals surface area contributed by atoms with Crippen LogP contribution < -0.4 is 0 Å². The molecule has 0 radical (unpaired) electrons. The molecule has 0 unspecified atom stereocenters. The minimum atomic E-state index is -0.886. The van der Waals surface area contributed by atoms with Gasteiger partial charge in [0.15, 0.2) is 0 Å². The number of fused-ring (bicyclic) bond motifs is 5. The molecular formula is C29H38O3. The Bertz CT molecular complexity index is 929. The van der Waals surface area contributed by atoms with E-state index < -0.39 is 5.60 Å². The lowest BCUT2D eigenvalue weighted by Gasteiger charge is -2.61. The molecule has 1 N–H and O–H groups in total. The summed E-state index contributed by atoms with van der Waals surface area (Å²) in [4.78, 5) is 11.5. The number of ether oxygens (including phenoxy) is 1. The van der Waals surface area contributed by atoms with Crippen LogP contribution in [0.4, 0.5) is 0 Å². The topological polar surface area (TPSA) is 46.5 Å². The first-order chi connectivity index (χ1) is 15.3. The van der Waals surface area contributed by atoms with E-state index in [2.05, 4.69) is 25.7 Å². The number of hydrogen-bond acceptors (Lipinski definition) is 3. The quantitative estimate of drug-likeness (QED) is 0.453. The Kier molecular flexibility index (Phi) is 5.44. The van der Waals surface area contributed by atoms with Crippen molar-refractivity contribution in [3.05, 3.63) is 35.9 Å². The van der Waals surface area contributed by atoms with Crippen molar-refractivity contribution in [3.8, 4) is 11.8 Å². The molecule has 172 valence electrons. The third-order valence-electron chi connectivity index (χ3n) is 10.3. The zero-order valence-corrected chi connectivity index (χ0v) is 19.9. The lowest BCUT2D eigenvalue weighted by Crippen LogP contribution is -2.56. The number of carbonyl (C=O) groups excluding carboxylic acids is 1. The molecule has 0 aromatic heterocycles. The molecule has 0 spiro atoms. The van der Waals surface area contributed by atoms with Gasteiger partial charge < -0.3 is 9.84 Å². The first-order valence-corrected chi connectivity index (χ1v) is 12.7. The molecule has 0 aliphatic heterocycles. The van der Waals surface area contributed by atoms with Crippen LogP contribution in [0.1, 0.15) is 84.1 Å². The lowest BCUT2D eigenvalue weighted by molar-refractivity contribution is -0.163. The molecule has 5 rings (SSSR count). The monoisotopic (exact) mass is 434 g/mol. The van der Waals surface area contributed by atoms with Gasteiger partial charge >= 0.3 is 5.97 Å². The van der Waals surface area contributed by atoms with Gasteiger partial charge in [0.05, 0.1) is 0 Å². The summed E-state index contributed by atoms with van der Waals surface area (Å²) in [5.41, 5.74) is 0.327. The Morgan fingerprint density at radius 1 is 1.00 bits per heavy atom. The van der Waals surface area contributed by atoms with Crippen LogP contribution in [0.2, 0.25) is 0 Å². The van der Waals surface area contributed by atoms with Crippen molar-refractivity contribution >= 4 is 5.97 Å². The predicted octanol–water partition coefficient (Wildman–Crippen LogP) is 5.74. The van der Waals surface area contributed by atoms with E-state index >= 15 is 0 Å². The average Bonchev–Trinajstić information content (AvgIpc) is 3.04. The van der Waals surface area contributed by atoms with E-state index in [1.165, 1.54) is 26.2 Å². The van der Waals surface area contributed by atoms with E-state index in [9.17, 15) is 9.90 Å². The lowest BCUT2D eigenvalue weighted by atomic mass is 9.44. The standard InChI is InChI=1S/C29H38O3/c1-20(30)32-23-12-15-27(2)22(19-23)9-10-24-25(27)13-16-28(3)26(24)14-18-29(28,31)17-11-21-7-5-4-6-8-21/h4-8,22-26,31H,9-10,12-16,18-19H2,1-3H3/t22-,23+,24-,25+,26-,27-,28-,29+/m1/s1. The van der Waals surface area contributed by atoms with Gasteiger partial charge in [-0.3, -0.25) is 4.79 Å². The van der Waals surface area contributed by atoms with Crippen molar-refractivity contribution < 1.29 is 14.6 Å². The summed E-state index contributed by atoms with van der Waals surface area (Å²) in [5, 5.41) is 11.8. The van der Waals surface area contributed by atoms with Gasteiger partial charge in [-0.1, -0.05) is 43.9 Å². The van der Waals surface area contributed by atoms with E-state index in [0.717, 1.165) is 50.0 Å². The van der Waals surface area contributed by atoms with Crippen LogP contribution in [-0.4, -0.2) is 22.8 Å². The Morgan fingerprint density at radius 3 is 2.50 bits per heavy atom. The fourth-order valence-corrected chi connectivity index (χ4v) is 8.48. The third kappa shape index (κ3) is 3.41. The first-order valence-electron chi connectivity index (χ1n) is 12.7. The van der Waals surface area contributed by atoms with Crippen molar-refractivity contribution in [3.63, 3.8) is 0 Å². The predicted molar refractivity (Wildman–Crippen MR) is 126 cm³/mol. The number of benzene rings is 1. The summed E-state index contributed by atoms with van der Waals surface area (Å²) in [6.07, 6.45) is 9.94. The van der Waals surface area contributed by atoms with Crippen molar-refractivity contribution in [2.75, 3.05) is 0 Å². The Hall–Kier alpha value is -1.79. The Labute approximate surface area is 193 Å². The molecule has 0 heterocycles. The largest absolute Gasteiger partial charge is 0.463 e. The minimum absolute atomic E-state index is 0.112. The van der Waals surface area contributed by atoms with Gasteiger partial charge in [0.25, 0.3) is 0 Å². The Morgan fingerprint density at radius 2 is 1.75 bits per heavy atom. The highest BCUT2D eigenvalue weighted by Crippen LogP contribution is 2.68. The highest BCUT2D eigenvalue weighted by molar-refractivity contribution is 5.66. The van der Waals surface area contributed by atoms with Crippen LogP contribution in [0.3, 0.4) is 0 Å². The van der Waals surface area contributed by atoms with E-state index in [1.807, 2.05) is 30.3 Å². The van der Waals surface area contributed by atoms with Crippen LogP contribution >= 0.6 is 0 Å². The number of aliphatic hydroxyl groups is 1.